The molecule has 1 aliphatic rings. The number of anilines is 2. The Morgan fingerprint density at radius 3 is 2.44 bits per heavy atom. The second-order valence-electron chi connectivity index (χ2n) is 9.69. The number of nitro groups is 1. The van der Waals surface area contributed by atoms with Gasteiger partial charge in [-0.15, -0.1) is 0 Å². The van der Waals surface area contributed by atoms with Gasteiger partial charge in [0, 0.05) is 23.9 Å². The molecule has 36 heavy (non-hydrogen) atoms. The van der Waals surface area contributed by atoms with Crippen molar-refractivity contribution >= 4 is 44.1 Å². The maximum Gasteiger partial charge on any atom is 0.316 e. The zero-order valence-electron chi connectivity index (χ0n) is 20.9. The van der Waals surface area contributed by atoms with Crippen LogP contribution in [0.5, 0.6) is 5.75 Å². The highest BCUT2D eigenvalue weighted by atomic mass is 32.2. The van der Waals surface area contributed by atoms with E-state index in [1.54, 1.807) is 45.0 Å². The van der Waals surface area contributed by atoms with Gasteiger partial charge < -0.3 is 15.0 Å². The van der Waals surface area contributed by atoms with Crippen molar-refractivity contribution in [1.29, 1.82) is 0 Å². The highest BCUT2D eigenvalue weighted by Crippen LogP contribution is 2.48. The first-order valence-corrected chi connectivity index (χ1v) is 12.8. The Morgan fingerprint density at radius 1 is 1.25 bits per heavy atom. The number of fused-ring (bicyclic) bond motifs is 2. The van der Waals surface area contributed by atoms with Gasteiger partial charge in [-0.25, -0.2) is 0 Å². The number of esters is 1. The molecule has 4 rings (SSSR count). The number of ether oxygens (including phenoxy) is 1. The van der Waals surface area contributed by atoms with Crippen molar-refractivity contribution in [3.8, 4) is 17.0 Å². The highest BCUT2D eigenvalue weighted by Gasteiger charge is 2.30. The maximum atomic E-state index is 12.3. The number of hydrogen-bond acceptors (Lipinski definition) is 9. The predicted molar refractivity (Wildman–Crippen MR) is 136 cm³/mol. The minimum atomic E-state index is -3.67. The van der Waals surface area contributed by atoms with E-state index >= 15 is 0 Å². The van der Waals surface area contributed by atoms with Gasteiger partial charge >= 0.3 is 5.97 Å². The number of carbonyl (C=O) groups excluding carboxylic acids is 1. The van der Waals surface area contributed by atoms with Gasteiger partial charge in [0.1, 0.15) is 17.1 Å². The summed E-state index contributed by atoms with van der Waals surface area (Å²) in [7, 11) is 0.293. The molecular formula is C23H29N5O7S. The summed E-state index contributed by atoms with van der Waals surface area (Å²) in [5.74, 6) is 0.0688. The molecule has 12 nitrogen and oxygen atoms in total. The van der Waals surface area contributed by atoms with Crippen LogP contribution in [0, 0.1) is 15.5 Å². The number of aromatic nitrogens is 2. The molecule has 0 unspecified atom stereocenters. The van der Waals surface area contributed by atoms with E-state index in [1.807, 2.05) is 18.8 Å². The van der Waals surface area contributed by atoms with Crippen molar-refractivity contribution in [2.75, 3.05) is 32.2 Å². The van der Waals surface area contributed by atoms with Gasteiger partial charge in [0.15, 0.2) is 0 Å². The first kappa shape index (κ1) is 27.0. The molecule has 194 valence electrons. The van der Waals surface area contributed by atoms with Crippen LogP contribution < -0.4 is 10.1 Å². The fourth-order valence-corrected chi connectivity index (χ4v) is 3.48. The zero-order valence-corrected chi connectivity index (χ0v) is 21.7. The van der Waals surface area contributed by atoms with Gasteiger partial charge in [-0.1, -0.05) is 0 Å². The Morgan fingerprint density at radius 2 is 1.89 bits per heavy atom. The van der Waals surface area contributed by atoms with Crippen LogP contribution in [-0.4, -0.2) is 65.4 Å². The van der Waals surface area contributed by atoms with E-state index in [0.29, 0.717) is 41.0 Å². The van der Waals surface area contributed by atoms with Crippen LogP contribution in [0.3, 0.4) is 0 Å². The fourth-order valence-electron chi connectivity index (χ4n) is 3.48. The summed E-state index contributed by atoms with van der Waals surface area (Å²) in [4.78, 5) is 25.6. The lowest BCUT2D eigenvalue weighted by molar-refractivity contribution is -0.383. The molecule has 13 heteroatoms. The molecule has 1 aromatic heterocycles. The Labute approximate surface area is 208 Å². The van der Waals surface area contributed by atoms with Crippen molar-refractivity contribution in [2.24, 2.45) is 5.41 Å². The largest absolute Gasteiger partial charge is 0.426 e. The summed E-state index contributed by atoms with van der Waals surface area (Å²) in [6.45, 7) is 6.78. The number of nitro benzene ring substituents is 1. The molecule has 0 saturated heterocycles. The summed E-state index contributed by atoms with van der Waals surface area (Å²) in [6.07, 6.45) is 0.715. The van der Waals surface area contributed by atoms with Gasteiger partial charge in [0.25, 0.3) is 15.8 Å². The van der Waals surface area contributed by atoms with Crippen LogP contribution in [0.4, 0.5) is 17.1 Å². The smallest absolute Gasteiger partial charge is 0.316 e. The van der Waals surface area contributed by atoms with Crippen LogP contribution in [-0.2, 0) is 21.5 Å². The van der Waals surface area contributed by atoms with Gasteiger partial charge in [-0.2, -0.15) is 13.5 Å². The Kier molecular flexibility index (Phi) is 7.39. The second-order valence-corrected chi connectivity index (χ2v) is 11.2. The molecule has 2 aromatic carbocycles. The Bertz CT molecular complexity index is 1430. The van der Waals surface area contributed by atoms with Gasteiger partial charge in [0.2, 0.25) is 0 Å². The van der Waals surface area contributed by atoms with Crippen molar-refractivity contribution in [1.82, 2.24) is 14.7 Å². The van der Waals surface area contributed by atoms with Crippen LogP contribution >= 0.6 is 0 Å². The number of nitrogens with one attached hydrogen (secondary N) is 1. The van der Waals surface area contributed by atoms with Crippen LogP contribution in [0.15, 0.2) is 30.3 Å². The molecule has 2 N–H and O–H groups in total. The Balaban J connectivity index is 0.000000658. The summed E-state index contributed by atoms with van der Waals surface area (Å²) < 4.78 is 33.3. The van der Waals surface area contributed by atoms with E-state index < -0.39 is 20.5 Å². The van der Waals surface area contributed by atoms with E-state index in [2.05, 4.69) is 10.2 Å². The minimum Gasteiger partial charge on any atom is -0.426 e. The lowest BCUT2D eigenvalue weighted by atomic mass is 9.97. The molecule has 0 amide bonds. The first-order chi connectivity index (χ1) is 16.6. The second kappa shape index (κ2) is 9.84. The number of hydrogen-bond donors (Lipinski definition) is 2. The average molecular weight is 520 g/mol. The SMILES string of the molecule is CN(C)CCn1nc2c3c(c([N+](=O)[O-])ccc31)Nc1ccc(OC(=O)C(C)(C)C)cc1-2.CS(=O)(=O)O. The van der Waals surface area contributed by atoms with Crippen molar-refractivity contribution in [3.05, 3.63) is 40.4 Å². The molecule has 0 fully saturated rings. The molecule has 0 atom stereocenters. The van der Waals surface area contributed by atoms with E-state index in [1.165, 1.54) is 6.07 Å². The summed E-state index contributed by atoms with van der Waals surface area (Å²) >= 11 is 0. The third-order valence-corrected chi connectivity index (χ3v) is 5.18. The van der Waals surface area contributed by atoms with Gasteiger partial charge in [-0.3, -0.25) is 24.1 Å². The summed E-state index contributed by atoms with van der Waals surface area (Å²) in [5, 5.41) is 20.3. The van der Waals surface area contributed by atoms with E-state index in [9.17, 15) is 23.3 Å². The maximum absolute atomic E-state index is 12.3. The van der Waals surface area contributed by atoms with Crippen LogP contribution in [0.1, 0.15) is 20.8 Å². The standard InChI is InChI=1S/C22H25N5O4.CH4O3S/c1-22(2,3)21(28)31-13-6-7-15-14(12-13)19-18-16(26(24-19)11-10-25(4)5)8-9-17(27(29)30)20(18)23-15;1-5(2,3)4/h6-9,12,23H,10-11H2,1-5H3;1H3,(H,2,3,4). The topological polar surface area (TPSA) is 157 Å². The van der Waals surface area contributed by atoms with E-state index in [0.717, 1.165) is 17.6 Å². The number of benzene rings is 2. The number of rotatable bonds is 5. The molecular weight excluding hydrogens is 490 g/mol. The third-order valence-electron chi connectivity index (χ3n) is 5.18. The van der Waals surface area contributed by atoms with Crippen molar-refractivity contribution < 1.29 is 27.4 Å². The average Bonchev–Trinajstić information content (AvgIpc) is 3.11. The Hall–Kier alpha value is -3.55. The monoisotopic (exact) mass is 519 g/mol. The quantitative estimate of drug-likeness (QED) is 0.131. The molecule has 0 bridgehead atoms. The molecule has 3 aromatic rings. The summed E-state index contributed by atoms with van der Waals surface area (Å²) in [5.41, 5.74) is 2.65. The molecule has 2 heterocycles. The van der Waals surface area contributed by atoms with E-state index in [-0.39, 0.29) is 11.7 Å². The number of likely N-dealkylation sites (N-methyl/N-ethyl adjacent to an activating group) is 1. The first-order valence-electron chi connectivity index (χ1n) is 10.9. The minimum absolute atomic E-state index is 0.00482. The van der Waals surface area contributed by atoms with Crippen LogP contribution in [0.2, 0.25) is 0 Å². The molecule has 0 saturated carbocycles. The molecule has 0 radical (unpaired) electrons. The summed E-state index contributed by atoms with van der Waals surface area (Å²) in [6, 6.07) is 8.43. The zero-order chi connectivity index (χ0) is 27.0. The van der Waals surface area contributed by atoms with Gasteiger partial charge in [0.05, 0.1) is 34.0 Å². The highest BCUT2D eigenvalue weighted by molar-refractivity contribution is 7.85. The fraction of sp³-hybridized carbons (Fsp3) is 0.391. The van der Waals surface area contributed by atoms with Crippen LogP contribution in [0.25, 0.3) is 22.2 Å². The lowest BCUT2D eigenvalue weighted by Gasteiger charge is -2.20. The lowest BCUT2D eigenvalue weighted by Crippen LogP contribution is -2.25. The number of nitrogens with zero attached hydrogens (tertiary/aromatic N) is 4. The molecule has 1 aliphatic heterocycles. The normalized spacial score (nSPS) is 12.4. The molecule has 0 aliphatic carbocycles. The number of carbonyl (C=O) groups is 1. The third kappa shape index (κ3) is 6.17. The van der Waals surface area contributed by atoms with E-state index in [4.69, 9.17) is 14.4 Å². The molecule has 0 spiro atoms. The van der Waals surface area contributed by atoms with Gasteiger partial charge in [-0.05, 0) is 59.1 Å². The predicted octanol–water partition coefficient (Wildman–Crippen LogP) is 3.69. The van der Waals surface area contributed by atoms with Crippen molar-refractivity contribution in [2.45, 2.75) is 27.3 Å². The van der Waals surface area contributed by atoms with Crippen molar-refractivity contribution in [3.63, 3.8) is 0 Å².